The first-order valence-electron chi connectivity index (χ1n) is 8.81. The first-order chi connectivity index (χ1) is 14.0. The number of carboxylic acids is 1. The molecule has 0 aliphatic rings. The van der Waals surface area contributed by atoms with Crippen LogP contribution in [-0.4, -0.2) is 26.8 Å². The van der Waals surface area contributed by atoms with Gasteiger partial charge in [0.2, 0.25) is 0 Å². The molecule has 0 unspecified atom stereocenters. The number of H-pyrrole nitrogens is 1. The summed E-state index contributed by atoms with van der Waals surface area (Å²) in [6, 6.07) is 15.0. The average Bonchev–Trinajstić information content (AvgIpc) is 3.15. The molecule has 2 aromatic heterocycles. The molecule has 2 heterocycles. The number of nitrogens with zero attached hydrogens (tertiary/aromatic N) is 1. The van der Waals surface area contributed by atoms with Gasteiger partial charge in [0.05, 0.1) is 5.56 Å². The Kier molecular flexibility index (Phi) is 4.75. The molecule has 0 radical (unpaired) electrons. The van der Waals surface area contributed by atoms with Crippen molar-refractivity contribution in [3.63, 3.8) is 0 Å². The Morgan fingerprint density at radius 1 is 1.00 bits per heavy atom. The molecule has 5 nitrogen and oxygen atoms in total. The molecular weight excluding hydrogens is 371 g/mol. The zero-order valence-electron chi connectivity index (χ0n) is 15.1. The Hall–Kier alpha value is -4.06. The van der Waals surface area contributed by atoms with Crippen LogP contribution in [0.2, 0.25) is 0 Å². The molecule has 0 aliphatic heterocycles. The molecule has 29 heavy (non-hydrogen) atoms. The maximum Gasteiger partial charge on any atom is 0.328 e. The normalized spacial score (nSPS) is 11.2. The standard InChI is InChI=1S/C23H15FN2O3/c24-20-7-2-1-6-17(20)22(29)19-13-26-23-18(19)11-16(12-25-23)15-5-3-4-14(10-15)8-9-21(27)28/h1-13H,(H,25,26)(H,27,28)/b9-8+. The van der Waals surface area contributed by atoms with E-state index in [2.05, 4.69) is 9.97 Å². The largest absolute Gasteiger partial charge is 0.478 e. The van der Waals surface area contributed by atoms with E-state index in [1.807, 2.05) is 24.3 Å². The Morgan fingerprint density at radius 3 is 2.62 bits per heavy atom. The van der Waals surface area contributed by atoms with Gasteiger partial charge in [-0.3, -0.25) is 4.79 Å². The van der Waals surface area contributed by atoms with Crippen LogP contribution in [0.5, 0.6) is 0 Å². The summed E-state index contributed by atoms with van der Waals surface area (Å²) in [5, 5.41) is 9.38. The molecular formula is C23H15FN2O3. The van der Waals surface area contributed by atoms with Crippen LogP contribution >= 0.6 is 0 Å². The second-order valence-corrected chi connectivity index (χ2v) is 6.43. The molecule has 0 saturated carbocycles. The second kappa shape index (κ2) is 7.52. The third kappa shape index (κ3) is 3.68. The second-order valence-electron chi connectivity index (χ2n) is 6.43. The molecule has 0 atom stereocenters. The summed E-state index contributed by atoms with van der Waals surface area (Å²) >= 11 is 0. The summed E-state index contributed by atoms with van der Waals surface area (Å²) in [5.41, 5.74) is 3.15. The number of hydrogen-bond donors (Lipinski definition) is 2. The van der Waals surface area contributed by atoms with E-state index in [4.69, 9.17) is 5.11 Å². The van der Waals surface area contributed by atoms with Crippen molar-refractivity contribution in [2.75, 3.05) is 0 Å². The zero-order valence-corrected chi connectivity index (χ0v) is 15.1. The van der Waals surface area contributed by atoms with Gasteiger partial charge >= 0.3 is 5.97 Å². The highest BCUT2D eigenvalue weighted by Crippen LogP contribution is 2.27. The van der Waals surface area contributed by atoms with E-state index >= 15 is 0 Å². The molecule has 4 rings (SSSR count). The van der Waals surface area contributed by atoms with Crippen molar-refractivity contribution in [1.82, 2.24) is 9.97 Å². The quantitative estimate of drug-likeness (QED) is 0.385. The number of nitrogens with one attached hydrogen (secondary N) is 1. The third-order valence-corrected chi connectivity index (χ3v) is 4.53. The van der Waals surface area contributed by atoms with Gasteiger partial charge in [-0.1, -0.05) is 30.3 Å². The van der Waals surface area contributed by atoms with Crippen LogP contribution in [0.25, 0.3) is 28.2 Å². The number of fused-ring (bicyclic) bond motifs is 1. The van der Waals surface area contributed by atoms with Crippen LogP contribution in [0.3, 0.4) is 0 Å². The van der Waals surface area contributed by atoms with Gasteiger partial charge in [0.25, 0.3) is 0 Å². The number of ketones is 1. The number of benzene rings is 2. The number of aromatic nitrogens is 2. The van der Waals surface area contributed by atoms with Gasteiger partial charge in [0, 0.05) is 35.0 Å². The summed E-state index contributed by atoms with van der Waals surface area (Å²) in [7, 11) is 0. The van der Waals surface area contributed by atoms with Crippen molar-refractivity contribution in [3.05, 3.63) is 95.6 Å². The Morgan fingerprint density at radius 2 is 1.83 bits per heavy atom. The molecule has 0 aliphatic carbocycles. The SMILES string of the molecule is O=C(O)/C=C/c1cccc(-c2cnc3[nH]cc(C(=O)c4ccccc4F)c3c2)c1. The Balaban J connectivity index is 1.77. The summed E-state index contributed by atoms with van der Waals surface area (Å²) in [5.74, 6) is -2.03. The highest BCUT2D eigenvalue weighted by Gasteiger charge is 2.18. The van der Waals surface area contributed by atoms with E-state index in [1.165, 1.54) is 30.5 Å². The molecule has 2 aromatic carbocycles. The average molecular weight is 386 g/mol. The molecule has 0 spiro atoms. The van der Waals surface area contributed by atoms with Crippen LogP contribution in [0, 0.1) is 5.82 Å². The van der Waals surface area contributed by atoms with E-state index in [0.717, 1.165) is 22.8 Å². The van der Waals surface area contributed by atoms with Gasteiger partial charge in [-0.05, 0) is 41.5 Å². The Labute approximate surface area is 165 Å². The first-order valence-corrected chi connectivity index (χ1v) is 8.81. The molecule has 6 heteroatoms. The molecule has 0 bridgehead atoms. The maximum atomic E-state index is 14.1. The minimum atomic E-state index is -1.03. The summed E-state index contributed by atoms with van der Waals surface area (Å²) in [4.78, 5) is 30.9. The number of carbonyl (C=O) groups is 2. The highest BCUT2D eigenvalue weighted by atomic mass is 19.1. The molecule has 0 amide bonds. The lowest BCUT2D eigenvalue weighted by molar-refractivity contribution is -0.131. The van der Waals surface area contributed by atoms with Gasteiger partial charge in [-0.25, -0.2) is 14.2 Å². The highest BCUT2D eigenvalue weighted by molar-refractivity contribution is 6.16. The number of pyridine rings is 1. The third-order valence-electron chi connectivity index (χ3n) is 4.53. The van der Waals surface area contributed by atoms with Crippen molar-refractivity contribution < 1.29 is 19.1 Å². The van der Waals surface area contributed by atoms with Crippen LogP contribution in [-0.2, 0) is 4.79 Å². The monoisotopic (exact) mass is 386 g/mol. The van der Waals surface area contributed by atoms with Gasteiger partial charge < -0.3 is 10.1 Å². The lowest BCUT2D eigenvalue weighted by Crippen LogP contribution is -2.03. The number of carbonyl (C=O) groups excluding carboxylic acids is 1. The summed E-state index contributed by atoms with van der Waals surface area (Å²) < 4.78 is 14.1. The lowest BCUT2D eigenvalue weighted by atomic mass is 10.00. The fourth-order valence-corrected chi connectivity index (χ4v) is 3.13. The van der Waals surface area contributed by atoms with E-state index < -0.39 is 17.6 Å². The maximum absolute atomic E-state index is 14.1. The zero-order chi connectivity index (χ0) is 20.4. The van der Waals surface area contributed by atoms with Gasteiger partial charge in [-0.15, -0.1) is 0 Å². The van der Waals surface area contributed by atoms with Crippen molar-refractivity contribution in [2.45, 2.75) is 0 Å². The molecule has 0 saturated heterocycles. The van der Waals surface area contributed by atoms with Crippen LogP contribution in [0.1, 0.15) is 21.5 Å². The predicted octanol–water partition coefficient (Wildman–Crippen LogP) is 4.70. The van der Waals surface area contributed by atoms with Gasteiger partial charge in [0.1, 0.15) is 11.5 Å². The number of hydrogen-bond acceptors (Lipinski definition) is 3. The van der Waals surface area contributed by atoms with Crippen molar-refractivity contribution in [2.24, 2.45) is 0 Å². The minimum absolute atomic E-state index is 0.000363. The van der Waals surface area contributed by atoms with Crippen LogP contribution < -0.4 is 0 Å². The smallest absolute Gasteiger partial charge is 0.328 e. The number of carboxylic acid groups (broad SMARTS) is 1. The lowest BCUT2D eigenvalue weighted by Gasteiger charge is -2.05. The Bertz CT molecular complexity index is 1270. The summed E-state index contributed by atoms with van der Waals surface area (Å²) in [6.45, 7) is 0. The van der Waals surface area contributed by atoms with Crippen LogP contribution in [0.4, 0.5) is 4.39 Å². The molecule has 2 N–H and O–H groups in total. The van der Waals surface area contributed by atoms with E-state index in [9.17, 15) is 14.0 Å². The summed E-state index contributed by atoms with van der Waals surface area (Å²) in [6.07, 6.45) is 5.76. The van der Waals surface area contributed by atoms with Crippen molar-refractivity contribution in [3.8, 4) is 11.1 Å². The van der Waals surface area contributed by atoms with E-state index in [1.54, 1.807) is 18.3 Å². The van der Waals surface area contributed by atoms with E-state index in [-0.39, 0.29) is 5.56 Å². The van der Waals surface area contributed by atoms with Gasteiger partial charge in [0.15, 0.2) is 5.78 Å². The van der Waals surface area contributed by atoms with Crippen molar-refractivity contribution >= 4 is 28.9 Å². The molecule has 0 fully saturated rings. The number of aliphatic carboxylic acids is 1. The fourth-order valence-electron chi connectivity index (χ4n) is 3.13. The molecule has 142 valence electrons. The van der Waals surface area contributed by atoms with E-state index in [0.29, 0.717) is 16.6 Å². The number of halogens is 1. The van der Waals surface area contributed by atoms with Crippen molar-refractivity contribution in [1.29, 1.82) is 0 Å². The first kappa shape index (κ1) is 18.3. The minimum Gasteiger partial charge on any atom is -0.478 e. The van der Waals surface area contributed by atoms with Gasteiger partial charge in [-0.2, -0.15) is 0 Å². The molecule has 4 aromatic rings. The topological polar surface area (TPSA) is 83.0 Å². The fraction of sp³-hybridized carbons (Fsp3) is 0. The number of aromatic amines is 1. The van der Waals surface area contributed by atoms with Crippen LogP contribution in [0.15, 0.2) is 73.1 Å². The number of rotatable bonds is 5. The predicted molar refractivity (Wildman–Crippen MR) is 108 cm³/mol.